The first-order valence-electron chi connectivity index (χ1n) is 6.05. The van der Waals surface area contributed by atoms with Crippen LogP contribution in [0.1, 0.15) is 12.8 Å². The third-order valence-electron chi connectivity index (χ3n) is 2.40. The molecule has 0 atom stereocenters. The van der Waals surface area contributed by atoms with Gasteiger partial charge in [0.05, 0.1) is 6.42 Å². The lowest BCUT2D eigenvalue weighted by molar-refractivity contribution is -0.173. The summed E-state index contributed by atoms with van der Waals surface area (Å²) in [5.74, 6) is -2.49. The Labute approximate surface area is 119 Å². The van der Waals surface area contributed by atoms with Crippen molar-refractivity contribution in [3.8, 4) is 0 Å². The van der Waals surface area contributed by atoms with Gasteiger partial charge in [0.2, 0.25) is 5.91 Å². The molecule has 5 nitrogen and oxygen atoms in total. The molecule has 0 saturated heterocycles. The molecular formula is C13H14F3N3O2. The van der Waals surface area contributed by atoms with Crippen molar-refractivity contribution in [2.45, 2.75) is 19.0 Å². The second kappa shape index (κ2) is 7.41. The number of amides is 2. The smallest absolute Gasteiger partial charge is 0.348 e. The SMILES string of the molecule is N=C(CCNC(=O)C(F)(F)F)CC(=O)Nc1ccccc1. The van der Waals surface area contributed by atoms with Crippen LogP contribution < -0.4 is 10.6 Å². The van der Waals surface area contributed by atoms with Crippen LogP contribution in [-0.4, -0.2) is 30.2 Å². The predicted octanol–water partition coefficient (Wildman–Crippen LogP) is 2.10. The number of hydrogen-bond acceptors (Lipinski definition) is 3. The van der Waals surface area contributed by atoms with E-state index in [0.717, 1.165) is 0 Å². The maximum atomic E-state index is 11.9. The van der Waals surface area contributed by atoms with Gasteiger partial charge in [0.1, 0.15) is 0 Å². The van der Waals surface area contributed by atoms with Crippen LogP contribution in [0.4, 0.5) is 18.9 Å². The lowest BCUT2D eigenvalue weighted by Gasteiger charge is -2.09. The number of carbonyl (C=O) groups excluding carboxylic acids is 2. The van der Waals surface area contributed by atoms with Crippen LogP contribution in [0.25, 0.3) is 0 Å². The molecule has 8 heteroatoms. The second-order valence-corrected chi connectivity index (χ2v) is 4.20. The number of carbonyl (C=O) groups is 2. The summed E-state index contributed by atoms with van der Waals surface area (Å²) in [7, 11) is 0. The third kappa shape index (κ3) is 6.55. The minimum Gasteiger partial charge on any atom is -0.348 e. The van der Waals surface area contributed by atoms with Gasteiger partial charge in [-0.2, -0.15) is 13.2 Å². The second-order valence-electron chi connectivity index (χ2n) is 4.20. The summed E-state index contributed by atoms with van der Waals surface area (Å²) in [5, 5.41) is 11.7. The summed E-state index contributed by atoms with van der Waals surface area (Å²) in [6.07, 6.45) is -5.30. The molecule has 0 aliphatic rings. The van der Waals surface area contributed by atoms with E-state index in [0.29, 0.717) is 5.69 Å². The fourth-order valence-electron chi connectivity index (χ4n) is 1.44. The Morgan fingerprint density at radius 1 is 1.14 bits per heavy atom. The lowest BCUT2D eigenvalue weighted by Crippen LogP contribution is -2.37. The average molecular weight is 301 g/mol. The van der Waals surface area contributed by atoms with Gasteiger partial charge in [-0.3, -0.25) is 9.59 Å². The van der Waals surface area contributed by atoms with Crippen molar-refractivity contribution in [2.75, 3.05) is 11.9 Å². The van der Waals surface area contributed by atoms with Crippen molar-refractivity contribution in [3.05, 3.63) is 30.3 Å². The van der Waals surface area contributed by atoms with Gasteiger partial charge >= 0.3 is 12.1 Å². The number of hydrogen-bond donors (Lipinski definition) is 3. The van der Waals surface area contributed by atoms with E-state index in [4.69, 9.17) is 5.41 Å². The van der Waals surface area contributed by atoms with Crippen LogP contribution in [0.3, 0.4) is 0 Å². The number of rotatable bonds is 6. The fourth-order valence-corrected chi connectivity index (χ4v) is 1.44. The minimum absolute atomic E-state index is 0.0640. The van der Waals surface area contributed by atoms with E-state index < -0.39 is 18.0 Å². The minimum atomic E-state index is -4.94. The Balaban J connectivity index is 2.28. The van der Waals surface area contributed by atoms with E-state index in [1.54, 1.807) is 35.6 Å². The van der Waals surface area contributed by atoms with E-state index in [2.05, 4.69) is 5.32 Å². The van der Waals surface area contributed by atoms with E-state index in [9.17, 15) is 22.8 Å². The first-order chi connectivity index (χ1) is 9.79. The topological polar surface area (TPSA) is 82.1 Å². The van der Waals surface area contributed by atoms with Crippen LogP contribution in [0.2, 0.25) is 0 Å². The van der Waals surface area contributed by atoms with Crippen molar-refractivity contribution in [1.29, 1.82) is 5.41 Å². The first-order valence-corrected chi connectivity index (χ1v) is 6.05. The molecule has 0 fully saturated rings. The molecule has 114 valence electrons. The quantitative estimate of drug-likeness (QED) is 0.703. The summed E-state index contributed by atoms with van der Waals surface area (Å²) in [4.78, 5) is 22.1. The van der Waals surface area contributed by atoms with Gasteiger partial charge in [0.25, 0.3) is 0 Å². The molecule has 0 aliphatic heterocycles. The van der Waals surface area contributed by atoms with Gasteiger partial charge in [-0.05, 0) is 12.1 Å². The maximum Gasteiger partial charge on any atom is 0.471 e. The fraction of sp³-hybridized carbons (Fsp3) is 0.308. The van der Waals surface area contributed by atoms with Gasteiger partial charge in [-0.15, -0.1) is 0 Å². The highest BCUT2D eigenvalue weighted by molar-refractivity contribution is 6.05. The van der Waals surface area contributed by atoms with Gasteiger partial charge in [-0.25, -0.2) is 0 Å². The number of halogens is 3. The van der Waals surface area contributed by atoms with Gasteiger partial charge < -0.3 is 16.0 Å². The van der Waals surface area contributed by atoms with Crippen molar-refractivity contribution in [2.24, 2.45) is 0 Å². The average Bonchev–Trinajstić information content (AvgIpc) is 2.38. The Bertz CT molecular complexity index is 515. The Morgan fingerprint density at radius 3 is 2.33 bits per heavy atom. The van der Waals surface area contributed by atoms with Crippen LogP contribution in [-0.2, 0) is 9.59 Å². The van der Waals surface area contributed by atoms with Crippen molar-refractivity contribution in [3.63, 3.8) is 0 Å². The highest BCUT2D eigenvalue weighted by Gasteiger charge is 2.38. The third-order valence-corrected chi connectivity index (χ3v) is 2.40. The van der Waals surface area contributed by atoms with Crippen LogP contribution in [0.5, 0.6) is 0 Å². The number of para-hydroxylation sites is 1. The molecule has 3 N–H and O–H groups in total. The molecule has 0 radical (unpaired) electrons. The van der Waals surface area contributed by atoms with Crippen molar-refractivity contribution in [1.82, 2.24) is 5.32 Å². The number of anilines is 1. The molecule has 1 aromatic carbocycles. The zero-order chi connectivity index (χ0) is 15.9. The molecule has 0 aromatic heterocycles. The van der Waals surface area contributed by atoms with Crippen LogP contribution in [0.15, 0.2) is 30.3 Å². The van der Waals surface area contributed by atoms with Crippen LogP contribution >= 0.6 is 0 Å². The molecule has 0 saturated carbocycles. The zero-order valence-electron chi connectivity index (χ0n) is 11.0. The van der Waals surface area contributed by atoms with Crippen LogP contribution in [0, 0.1) is 5.41 Å². The molecule has 21 heavy (non-hydrogen) atoms. The Kier molecular flexibility index (Phi) is 5.89. The lowest BCUT2D eigenvalue weighted by atomic mass is 10.2. The molecule has 0 bridgehead atoms. The van der Waals surface area contributed by atoms with Gasteiger partial charge in [-0.1, -0.05) is 18.2 Å². The summed E-state index contributed by atoms with van der Waals surface area (Å²) in [5.41, 5.74) is 0.506. The predicted molar refractivity (Wildman–Crippen MR) is 71.1 cm³/mol. The number of nitrogens with one attached hydrogen (secondary N) is 3. The monoisotopic (exact) mass is 301 g/mol. The molecule has 0 spiro atoms. The highest BCUT2D eigenvalue weighted by atomic mass is 19.4. The standard InChI is InChI=1S/C13H14F3N3O2/c14-13(15,16)12(21)18-7-6-9(17)8-11(20)19-10-4-2-1-3-5-10/h1-5,17H,6-8H2,(H,18,21)(H,19,20). The molecule has 1 aromatic rings. The summed E-state index contributed by atoms with van der Waals surface area (Å²) in [6.45, 7) is -0.338. The normalized spacial score (nSPS) is 10.8. The largest absolute Gasteiger partial charge is 0.471 e. The Morgan fingerprint density at radius 2 is 1.76 bits per heavy atom. The van der Waals surface area contributed by atoms with E-state index in [1.807, 2.05) is 0 Å². The highest BCUT2D eigenvalue weighted by Crippen LogP contribution is 2.13. The summed E-state index contributed by atoms with van der Waals surface area (Å²) < 4.78 is 35.7. The van der Waals surface area contributed by atoms with Crippen molar-refractivity contribution < 1.29 is 22.8 Å². The molecule has 0 aliphatic carbocycles. The molecular weight excluding hydrogens is 287 g/mol. The number of alkyl halides is 3. The van der Waals surface area contributed by atoms with Crippen molar-refractivity contribution >= 4 is 23.2 Å². The molecule has 1 rings (SSSR count). The Hall–Kier alpha value is -2.38. The van der Waals surface area contributed by atoms with Gasteiger partial charge in [0, 0.05) is 24.4 Å². The van der Waals surface area contributed by atoms with E-state index >= 15 is 0 Å². The molecule has 2 amide bonds. The maximum absolute atomic E-state index is 11.9. The summed E-state index contributed by atoms with van der Waals surface area (Å²) >= 11 is 0. The first kappa shape index (κ1) is 16.7. The molecule has 0 unspecified atom stereocenters. The zero-order valence-corrected chi connectivity index (χ0v) is 11.0. The van der Waals surface area contributed by atoms with Gasteiger partial charge in [0.15, 0.2) is 0 Å². The molecule has 0 heterocycles. The van der Waals surface area contributed by atoms with E-state index in [1.165, 1.54) is 0 Å². The number of benzene rings is 1. The van der Waals surface area contributed by atoms with E-state index in [-0.39, 0.29) is 25.1 Å². The summed E-state index contributed by atoms with van der Waals surface area (Å²) in [6, 6.07) is 8.58.